The van der Waals surface area contributed by atoms with Gasteiger partial charge in [-0.3, -0.25) is 4.79 Å². The lowest BCUT2D eigenvalue weighted by molar-refractivity contribution is -0.123. The van der Waals surface area contributed by atoms with Crippen molar-refractivity contribution in [3.8, 4) is 0 Å². The molecule has 3 heteroatoms. The molecule has 0 aliphatic rings. The first-order valence-electron chi connectivity index (χ1n) is 4.85. The Balaban J connectivity index is 0. The predicted molar refractivity (Wildman–Crippen MR) is 55.7 cm³/mol. The van der Waals surface area contributed by atoms with E-state index >= 15 is 0 Å². The summed E-state index contributed by atoms with van der Waals surface area (Å²) in [7, 11) is 3.27. The zero-order chi connectivity index (χ0) is 10.9. The Hall–Kier alpha value is -0.570. The van der Waals surface area contributed by atoms with E-state index in [1.165, 1.54) is 0 Å². The fourth-order valence-corrected chi connectivity index (χ4v) is 0.876. The van der Waals surface area contributed by atoms with Crippen LogP contribution in [0.4, 0.5) is 0 Å². The summed E-state index contributed by atoms with van der Waals surface area (Å²) < 4.78 is 5.12. The monoisotopic (exact) mass is 189 g/mol. The lowest BCUT2D eigenvalue weighted by Crippen LogP contribution is -2.28. The van der Waals surface area contributed by atoms with Crippen LogP contribution in [0.3, 0.4) is 0 Å². The van der Waals surface area contributed by atoms with Crippen LogP contribution in [0.5, 0.6) is 0 Å². The highest BCUT2D eigenvalue weighted by atomic mass is 16.5. The van der Waals surface area contributed by atoms with Crippen LogP contribution in [0.15, 0.2) is 0 Å². The van der Waals surface area contributed by atoms with Crippen LogP contribution in [0.2, 0.25) is 0 Å². The van der Waals surface area contributed by atoms with Crippen molar-refractivity contribution in [2.45, 2.75) is 40.2 Å². The van der Waals surface area contributed by atoms with Crippen LogP contribution < -0.4 is 5.32 Å². The molecule has 0 saturated carbocycles. The summed E-state index contributed by atoms with van der Waals surface area (Å²) in [5.41, 5.74) is 0. The molecule has 0 bridgehead atoms. The quantitative estimate of drug-likeness (QED) is 0.732. The van der Waals surface area contributed by atoms with Gasteiger partial charge in [-0.25, -0.2) is 0 Å². The Morgan fingerprint density at radius 2 is 1.85 bits per heavy atom. The molecule has 0 aliphatic heterocycles. The maximum atomic E-state index is 10.9. The van der Waals surface area contributed by atoms with Crippen LogP contribution in [-0.2, 0) is 9.53 Å². The Labute approximate surface area is 81.9 Å². The Kier molecular flexibility index (Phi) is 10.9. The number of nitrogens with one attached hydrogen (secondary N) is 1. The third-order valence-corrected chi connectivity index (χ3v) is 1.71. The van der Waals surface area contributed by atoms with E-state index in [1.807, 2.05) is 27.7 Å². The van der Waals surface area contributed by atoms with Gasteiger partial charge in [0.25, 0.3) is 0 Å². The molecule has 0 heterocycles. The second-order valence-electron chi connectivity index (χ2n) is 2.90. The molecule has 1 N–H and O–H groups in total. The van der Waals surface area contributed by atoms with Gasteiger partial charge in [0.05, 0.1) is 12.5 Å². The van der Waals surface area contributed by atoms with Gasteiger partial charge < -0.3 is 10.1 Å². The number of hydrogen-bond donors (Lipinski definition) is 1. The van der Waals surface area contributed by atoms with Crippen LogP contribution in [0, 0.1) is 5.92 Å². The fourth-order valence-electron chi connectivity index (χ4n) is 0.876. The smallest absolute Gasteiger partial charge is 0.222 e. The first-order valence-corrected chi connectivity index (χ1v) is 4.85. The molecular weight excluding hydrogens is 166 g/mol. The highest BCUT2D eigenvalue weighted by Gasteiger charge is 2.15. The minimum atomic E-state index is 0.0329. The van der Waals surface area contributed by atoms with Gasteiger partial charge in [-0.05, 0) is 5.92 Å². The molecule has 0 radical (unpaired) electrons. The van der Waals surface area contributed by atoms with Crippen molar-refractivity contribution in [2.75, 3.05) is 14.2 Å². The van der Waals surface area contributed by atoms with Crippen molar-refractivity contribution >= 4 is 5.91 Å². The Bertz CT molecular complexity index is 124. The average Bonchev–Trinajstić information content (AvgIpc) is 2.16. The number of methoxy groups -OCH3 is 1. The van der Waals surface area contributed by atoms with E-state index in [2.05, 4.69) is 5.32 Å². The molecule has 0 saturated heterocycles. The molecule has 0 aliphatic carbocycles. The van der Waals surface area contributed by atoms with E-state index in [0.29, 0.717) is 12.3 Å². The second kappa shape index (κ2) is 9.52. The Morgan fingerprint density at radius 1 is 1.38 bits per heavy atom. The van der Waals surface area contributed by atoms with E-state index in [0.717, 1.165) is 0 Å². The molecule has 0 fully saturated rings. The number of carbonyl (C=O) groups excluding carboxylic acids is 1. The highest BCUT2D eigenvalue weighted by Crippen LogP contribution is 2.08. The van der Waals surface area contributed by atoms with E-state index in [9.17, 15) is 4.79 Å². The van der Waals surface area contributed by atoms with E-state index in [1.54, 1.807) is 14.2 Å². The molecule has 0 aromatic rings. The number of ether oxygens (including phenoxy) is 1. The number of rotatable bonds is 4. The van der Waals surface area contributed by atoms with Crippen molar-refractivity contribution < 1.29 is 9.53 Å². The normalized spacial score (nSPS) is 11.6. The standard InChI is InChI=1S/C8H17NO2.C2H6/c1-6(2)7(11-4)5-8(10)9-3;1-2/h6-7H,5H2,1-4H3,(H,9,10);1-2H3. The third kappa shape index (κ3) is 7.78. The van der Waals surface area contributed by atoms with Gasteiger partial charge in [-0.2, -0.15) is 0 Å². The van der Waals surface area contributed by atoms with Crippen molar-refractivity contribution in [1.82, 2.24) is 5.32 Å². The topological polar surface area (TPSA) is 38.3 Å². The maximum Gasteiger partial charge on any atom is 0.222 e. The molecule has 13 heavy (non-hydrogen) atoms. The molecule has 1 atom stereocenters. The lowest BCUT2D eigenvalue weighted by Gasteiger charge is -2.17. The summed E-state index contributed by atoms with van der Waals surface area (Å²) in [5, 5.41) is 2.57. The first-order chi connectivity index (χ1) is 6.11. The van der Waals surface area contributed by atoms with Crippen molar-refractivity contribution in [3.05, 3.63) is 0 Å². The van der Waals surface area contributed by atoms with Crippen LogP contribution in [0.25, 0.3) is 0 Å². The van der Waals surface area contributed by atoms with Crippen LogP contribution >= 0.6 is 0 Å². The molecule has 0 aromatic heterocycles. The van der Waals surface area contributed by atoms with Gasteiger partial charge in [0, 0.05) is 14.2 Å². The zero-order valence-corrected chi connectivity index (χ0v) is 9.68. The summed E-state index contributed by atoms with van der Waals surface area (Å²) in [6.45, 7) is 8.08. The summed E-state index contributed by atoms with van der Waals surface area (Å²) in [6.07, 6.45) is 0.486. The number of hydrogen-bond acceptors (Lipinski definition) is 2. The van der Waals surface area contributed by atoms with Crippen molar-refractivity contribution in [3.63, 3.8) is 0 Å². The van der Waals surface area contributed by atoms with E-state index < -0.39 is 0 Å². The summed E-state index contributed by atoms with van der Waals surface area (Å²) in [4.78, 5) is 10.9. The van der Waals surface area contributed by atoms with Gasteiger partial charge in [0.1, 0.15) is 0 Å². The molecule has 80 valence electrons. The summed E-state index contributed by atoms with van der Waals surface area (Å²) in [6, 6.07) is 0. The minimum Gasteiger partial charge on any atom is -0.381 e. The maximum absolute atomic E-state index is 10.9. The third-order valence-electron chi connectivity index (χ3n) is 1.71. The molecule has 0 aromatic carbocycles. The van der Waals surface area contributed by atoms with Crippen molar-refractivity contribution in [1.29, 1.82) is 0 Å². The SMILES string of the molecule is CC.CNC(=O)CC(OC)C(C)C. The lowest BCUT2D eigenvalue weighted by atomic mass is 10.0. The van der Waals surface area contributed by atoms with Gasteiger partial charge in [0.2, 0.25) is 5.91 Å². The molecule has 3 nitrogen and oxygen atoms in total. The molecule has 0 spiro atoms. The van der Waals surface area contributed by atoms with Gasteiger partial charge in [0.15, 0.2) is 0 Å². The number of carbonyl (C=O) groups is 1. The largest absolute Gasteiger partial charge is 0.381 e. The first kappa shape index (κ1) is 14.9. The van der Waals surface area contributed by atoms with Crippen molar-refractivity contribution in [2.24, 2.45) is 5.92 Å². The molecular formula is C10H23NO2. The second-order valence-corrected chi connectivity index (χ2v) is 2.90. The average molecular weight is 189 g/mol. The van der Waals surface area contributed by atoms with Gasteiger partial charge >= 0.3 is 0 Å². The minimum absolute atomic E-state index is 0.0329. The molecule has 0 rings (SSSR count). The number of amides is 1. The van der Waals surface area contributed by atoms with E-state index in [-0.39, 0.29) is 12.0 Å². The summed E-state index contributed by atoms with van der Waals surface area (Å²) in [5.74, 6) is 0.419. The summed E-state index contributed by atoms with van der Waals surface area (Å²) >= 11 is 0. The van der Waals surface area contributed by atoms with Gasteiger partial charge in [-0.15, -0.1) is 0 Å². The Morgan fingerprint density at radius 3 is 2.08 bits per heavy atom. The molecule has 1 unspecified atom stereocenters. The zero-order valence-electron chi connectivity index (χ0n) is 9.68. The molecule has 1 amide bonds. The van der Waals surface area contributed by atoms with E-state index in [4.69, 9.17) is 4.74 Å². The fraction of sp³-hybridized carbons (Fsp3) is 0.900. The highest BCUT2D eigenvalue weighted by molar-refractivity contribution is 5.76. The van der Waals surface area contributed by atoms with Gasteiger partial charge in [-0.1, -0.05) is 27.7 Å². The van der Waals surface area contributed by atoms with Crippen LogP contribution in [0.1, 0.15) is 34.1 Å². The van der Waals surface area contributed by atoms with Crippen LogP contribution in [-0.4, -0.2) is 26.2 Å². The predicted octanol–water partition coefficient (Wildman–Crippen LogP) is 1.82.